The number of ether oxygens (including phenoxy) is 1. The summed E-state index contributed by atoms with van der Waals surface area (Å²) in [5.41, 5.74) is 0.853. The summed E-state index contributed by atoms with van der Waals surface area (Å²) in [5, 5.41) is 5.50. The lowest BCUT2D eigenvalue weighted by molar-refractivity contribution is -0.132. The third-order valence-electron chi connectivity index (χ3n) is 5.54. The van der Waals surface area contributed by atoms with Crippen LogP contribution in [0.2, 0.25) is 0 Å². The number of amides is 2. The number of hydrogen-bond donors (Lipinski definition) is 2. The second kappa shape index (κ2) is 16.0. The van der Waals surface area contributed by atoms with Crippen LogP contribution in [-0.4, -0.2) is 36.2 Å². The van der Waals surface area contributed by atoms with Crippen LogP contribution in [0.4, 0.5) is 4.79 Å². The van der Waals surface area contributed by atoms with Crippen LogP contribution in [0.15, 0.2) is 30.3 Å². The maximum atomic E-state index is 13.2. The van der Waals surface area contributed by atoms with Gasteiger partial charge in [0.1, 0.15) is 12.9 Å². The summed E-state index contributed by atoms with van der Waals surface area (Å²) in [6, 6.07) is 8.02. The topological polar surface area (TPSA) is 102 Å². The minimum Gasteiger partial charge on any atom is -0.445 e. The Morgan fingerprint density at radius 1 is 0.971 bits per heavy atom. The van der Waals surface area contributed by atoms with Gasteiger partial charge in [0.15, 0.2) is 5.78 Å². The number of rotatable bonds is 16. The summed E-state index contributed by atoms with van der Waals surface area (Å²) < 4.78 is 5.29. The van der Waals surface area contributed by atoms with E-state index in [0.29, 0.717) is 19.3 Å². The van der Waals surface area contributed by atoms with Crippen molar-refractivity contribution < 1.29 is 23.9 Å². The Kier molecular flexibility index (Phi) is 13.8. The van der Waals surface area contributed by atoms with E-state index in [0.717, 1.165) is 24.7 Å². The number of benzene rings is 1. The highest BCUT2D eigenvalue weighted by Crippen LogP contribution is 2.20. The Morgan fingerprint density at radius 2 is 1.62 bits per heavy atom. The van der Waals surface area contributed by atoms with E-state index in [1.807, 2.05) is 65.0 Å². The number of hydrogen-bond acceptors (Lipinski definition) is 5. The summed E-state index contributed by atoms with van der Waals surface area (Å²) in [7, 11) is 0. The number of aldehydes is 1. The van der Waals surface area contributed by atoms with Crippen molar-refractivity contribution in [3.05, 3.63) is 35.9 Å². The molecule has 0 aliphatic rings. The van der Waals surface area contributed by atoms with Crippen LogP contribution in [0.3, 0.4) is 0 Å². The highest BCUT2D eigenvalue weighted by atomic mass is 16.5. The minimum atomic E-state index is -0.743. The molecule has 1 aromatic rings. The van der Waals surface area contributed by atoms with Gasteiger partial charge in [0.25, 0.3) is 0 Å². The normalized spacial score (nSPS) is 13.7. The van der Waals surface area contributed by atoms with Gasteiger partial charge in [-0.2, -0.15) is 0 Å². The van der Waals surface area contributed by atoms with Crippen molar-refractivity contribution in [3.8, 4) is 0 Å². The van der Waals surface area contributed by atoms with Gasteiger partial charge in [-0.15, -0.1) is 0 Å². The largest absolute Gasteiger partial charge is 0.445 e. The number of alkyl carbamates (subject to hydrolysis) is 1. The Bertz CT molecular complexity index is 764. The predicted molar refractivity (Wildman–Crippen MR) is 133 cm³/mol. The van der Waals surface area contributed by atoms with Gasteiger partial charge < -0.3 is 20.2 Å². The standard InChI is InChI=1S/C27H42N2O5/c1-6-7-13-23(17-30)28-26(32)22(14-19(2)3)16-25(31)24(15-20(4)5)29-27(33)34-18-21-11-9-8-10-12-21/h8-12,17,19-20,22-24H,6-7,13-16,18H2,1-5H3,(H,28,32)(H,29,33)/t22?,23-,24?/m0/s1. The van der Waals surface area contributed by atoms with Crippen LogP contribution in [0, 0.1) is 17.8 Å². The van der Waals surface area contributed by atoms with E-state index in [1.165, 1.54) is 0 Å². The van der Waals surface area contributed by atoms with Crippen LogP contribution >= 0.6 is 0 Å². The average molecular weight is 475 g/mol. The molecule has 2 amide bonds. The van der Waals surface area contributed by atoms with Crippen molar-refractivity contribution in [1.29, 1.82) is 0 Å². The fourth-order valence-electron chi connectivity index (χ4n) is 3.79. The first-order valence-electron chi connectivity index (χ1n) is 12.4. The Morgan fingerprint density at radius 3 is 2.18 bits per heavy atom. The molecular weight excluding hydrogens is 432 g/mol. The zero-order chi connectivity index (χ0) is 25.5. The van der Waals surface area contributed by atoms with E-state index in [-0.39, 0.29) is 36.6 Å². The third kappa shape index (κ3) is 12.0. The molecule has 0 aliphatic heterocycles. The van der Waals surface area contributed by atoms with Crippen molar-refractivity contribution >= 4 is 24.1 Å². The first-order chi connectivity index (χ1) is 16.2. The summed E-state index contributed by atoms with van der Waals surface area (Å²) in [6.07, 6.45) is 3.41. The molecule has 0 heterocycles. The maximum Gasteiger partial charge on any atom is 0.408 e. The molecule has 0 aromatic heterocycles. The number of Topliss-reactive ketones (excluding diaryl/α,β-unsaturated/α-hetero) is 1. The molecule has 2 unspecified atom stereocenters. The molecular formula is C27H42N2O5. The van der Waals surface area contributed by atoms with Gasteiger partial charge in [-0.3, -0.25) is 9.59 Å². The number of ketones is 1. The summed E-state index contributed by atoms with van der Waals surface area (Å²) >= 11 is 0. The van der Waals surface area contributed by atoms with E-state index in [4.69, 9.17) is 4.74 Å². The van der Waals surface area contributed by atoms with Gasteiger partial charge in [0.05, 0.1) is 12.1 Å². The van der Waals surface area contributed by atoms with Gasteiger partial charge in [-0.1, -0.05) is 77.8 Å². The molecule has 0 bridgehead atoms. The minimum absolute atomic E-state index is 0.000278. The second-order valence-corrected chi connectivity index (χ2v) is 9.78. The molecule has 0 fully saturated rings. The summed E-state index contributed by atoms with van der Waals surface area (Å²) in [5.74, 6) is -0.698. The first kappa shape index (κ1) is 29.3. The molecule has 0 saturated heterocycles. The summed E-state index contributed by atoms with van der Waals surface area (Å²) in [6.45, 7) is 10.1. The average Bonchev–Trinajstić information content (AvgIpc) is 2.79. The molecule has 1 aromatic carbocycles. The number of unbranched alkanes of at least 4 members (excludes halogenated alkanes) is 1. The third-order valence-corrected chi connectivity index (χ3v) is 5.54. The van der Waals surface area contributed by atoms with Gasteiger partial charge >= 0.3 is 6.09 Å². The van der Waals surface area contributed by atoms with E-state index >= 15 is 0 Å². The number of nitrogens with one attached hydrogen (secondary N) is 2. The SMILES string of the molecule is CCCC[C@@H](C=O)NC(=O)C(CC(=O)C(CC(C)C)NC(=O)OCc1ccccc1)CC(C)C. The molecule has 0 radical (unpaired) electrons. The van der Waals surface area contributed by atoms with E-state index in [9.17, 15) is 19.2 Å². The van der Waals surface area contributed by atoms with Crippen molar-refractivity contribution in [2.45, 2.75) is 91.8 Å². The van der Waals surface area contributed by atoms with Gasteiger partial charge in [0.2, 0.25) is 5.91 Å². The molecule has 7 nitrogen and oxygen atoms in total. The number of carbonyl (C=O) groups excluding carboxylic acids is 4. The van der Waals surface area contributed by atoms with Crippen LogP contribution in [0.1, 0.15) is 78.7 Å². The molecule has 2 N–H and O–H groups in total. The second-order valence-electron chi connectivity index (χ2n) is 9.78. The number of carbonyl (C=O) groups is 4. The van der Waals surface area contributed by atoms with Crippen molar-refractivity contribution in [2.24, 2.45) is 17.8 Å². The van der Waals surface area contributed by atoms with E-state index in [1.54, 1.807) is 0 Å². The van der Waals surface area contributed by atoms with Crippen molar-refractivity contribution in [2.75, 3.05) is 0 Å². The zero-order valence-electron chi connectivity index (χ0n) is 21.3. The molecule has 3 atom stereocenters. The lowest BCUT2D eigenvalue weighted by Gasteiger charge is -2.24. The van der Waals surface area contributed by atoms with Crippen molar-refractivity contribution in [3.63, 3.8) is 0 Å². The van der Waals surface area contributed by atoms with Crippen LogP contribution in [0.25, 0.3) is 0 Å². The van der Waals surface area contributed by atoms with Gasteiger partial charge in [-0.25, -0.2) is 4.79 Å². The Hall–Kier alpha value is -2.70. The molecule has 7 heteroatoms. The van der Waals surface area contributed by atoms with Gasteiger partial charge in [0, 0.05) is 12.3 Å². The van der Waals surface area contributed by atoms with Crippen molar-refractivity contribution in [1.82, 2.24) is 10.6 Å². The van der Waals surface area contributed by atoms with Crippen LogP contribution in [0.5, 0.6) is 0 Å². The monoisotopic (exact) mass is 474 g/mol. The van der Waals surface area contributed by atoms with Crippen LogP contribution < -0.4 is 10.6 Å². The van der Waals surface area contributed by atoms with Gasteiger partial charge in [-0.05, 0) is 36.7 Å². The van der Waals surface area contributed by atoms with E-state index in [2.05, 4.69) is 10.6 Å². The molecule has 190 valence electrons. The highest BCUT2D eigenvalue weighted by Gasteiger charge is 2.30. The van der Waals surface area contributed by atoms with Crippen LogP contribution in [-0.2, 0) is 25.7 Å². The lowest BCUT2D eigenvalue weighted by atomic mass is 9.88. The Labute approximate surface area is 204 Å². The predicted octanol–water partition coefficient (Wildman–Crippen LogP) is 4.82. The highest BCUT2D eigenvalue weighted by molar-refractivity contribution is 5.92. The smallest absolute Gasteiger partial charge is 0.408 e. The molecule has 34 heavy (non-hydrogen) atoms. The summed E-state index contributed by atoms with van der Waals surface area (Å²) in [4.78, 5) is 49.9. The fraction of sp³-hybridized carbons (Fsp3) is 0.630. The molecule has 1 rings (SSSR count). The molecule has 0 aliphatic carbocycles. The maximum absolute atomic E-state index is 13.2. The Balaban J connectivity index is 2.82. The molecule has 0 saturated carbocycles. The fourth-order valence-corrected chi connectivity index (χ4v) is 3.79. The lowest BCUT2D eigenvalue weighted by Crippen LogP contribution is -2.45. The van der Waals surface area contributed by atoms with E-state index < -0.39 is 24.1 Å². The first-order valence-corrected chi connectivity index (χ1v) is 12.4. The molecule has 0 spiro atoms. The quantitative estimate of drug-likeness (QED) is 0.334. The zero-order valence-corrected chi connectivity index (χ0v) is 21.3.